The van der Waals surface area contributed by atoms with E-state index >= 15 is 0 Å². The smallest absolute Gasteiger partial charge is 0.321 e. The van der Waals surface area contributed by atoms with Crippen molar-refractivity contribution in [2.45, 2.75) is 19.3 Å². The normalized spacial score (nSPS) is 26.6. The summed E-state index contributed by atoms with van der Waals surface area (Å²) in [5, 5.41) is 12.4. The number of ether oxygens (including phenoxy) is 1. The lowest BCUT2D eigenvalue weighted by molar-refractivity contribution is -0.149. The number of carboxylic acid groups (broad SMARTS) is 1. The SMILES string of the molecule is COc1cccc(NC(=O)N2C[C@@H]3CCC[C@@]3(C(=O)O)C2)c1. The van der Waals surface area contributed by atoms with Gasteiger partial charge in [-0.25, -0.2) is 4.79 Å². The lowest BCUT2D eigenvalue weighted by Crippen LogP contribution is -2.38. The monoisotopic (exact) mass is 304 g/mol. The third kappa shape index (κ3) is 2.38. The molecule has 1 aromatic rings. The van der Waals surface area contributed by atoms with Crippen molar-refractivity contribution in [1.29, 1.82) is 0 Å². The number of rotatable bonds is 3. The molecule has 0 radical (unpaired) electrons. The average Bonchev–Trinajstić information content (AvgIpc) is 3.05. The molecule has 0 unspecified atom stereocenters. The zero-order valence-corrected chi connectivity index (χ0v) is 12.5. The van der Waals surface area contributed by atoms with E-state index in [1.54, 1.807) is 36.3 Å². The van der Waals surface area contributed by atoms with Crippen LogP contribution < -0.4 is 10.1 Å². The number of amides is 2. The van der Waals surface area contributed by atoms with Crippen molar-refractivity contribution >= 4 is 17.7 Å². The van der Waals surface area contributed by atoms with Crippen LogP contribution in [0, 0.1) is 11.3 Å². The van der Waals surface area contributed by atoms with Gasteiger partial charge in [-0.3, -0.25) is 4.79 Å². The highest BCUT2D eigenvalue weighted by Gasteiger charge is 2.55. The molecule has 0 bridgehead atoms. The molecule has 1 aromatic carbocycles. The third-order valence-electron chi connectivity index (χ3n) is 4.90. The maximum atomic E-state index is 12.4. The fourth-order valence-electron chi connectivity index (χ4n) is 3.70. The second kappa shape index (κ2) is 5.51. The predicted molar refractivity (Wildman–Crippen MR) is 81.0 cm³/mol. The standard InChI is InChI=1S/C16H20N2O4/c1-22-13-6-2-5-12(8-13)17-15(21)18-9-11-4-3-7-16(11,10-18)14(19)20/h2,5-6,8,11H,3-4,7,9-10H2,1H3,(H,17,21)(H,19,20)/t11-,16+/m0/s1. The van der Waals surface area contributed by atoms with Crippen LogP contribution in [0.1, 0.15) is 19.3 Å². The zero-order chi connectivity index (χ0) is 15.7. The van der Waals surface area contributed by atoms with Gasteiger partial charge in [0.05, 0.1) is 12.5 Å². The average molecular weight is 304 g/mol. The molecule has 118 valence electrons. The van der Waals surface area contributed by atoms with Gasteiger partial charge in [-0.2, -0.15) is 0 Å². The van der Waals surface area contributed by atoms with E-state index in [2.05, 4.69) is 5.32 Å². The van der Waals surface area contributed by atoms with Gasteiger partial charge in [-0.1, -0.05) is 12.5 Å². The fraction of sp³-hybridized carbons (Fsp3) is 0.500. The van der Waals surface area contributed by atoms with E-state index in [-0.39, 0.29) is 11.9 Å². The summed E-state index contributed by atoms with van der Waals surface area (Å²) in [7, 11) is 1.57. The Hall–Kier alpha value is -2.24. The topological polar surface area (TPSA) is 78.9 Å². The number of carboxylic acids is 1. The number of carbonyl (C=O) groups excluding carboxylic acids is 1. The van der Waals surface area contributed by atoms with E-state index in [9.17, 15) is 14.7 Å². The van der Waals surface area contributed by atoms with Crippen LogP contribution in [0.4, 0.5) is 10.5 Å². The van der Waals surface area contributed by atoms with Crippen LogP contribution in [0.5, 0.6) is 5.75 Å². The Bertz CT molecular complexity index is 604. The molecule has 2 fully saturated rings. The van der Waals surface area contributed by atoms with Crippen LogP contribution >= 0.6 is 0 Å². The molecule has 1 aliphatic carbocycles. The molecule has 6 heteroatoms. The van der Waals surface area contributed by atoms with Gasteiger partial charge in [0.25, 0.3) is 0 Å². The Morgan fingerprint density at radius 3 is 2.95 bits per heavy atom. The molecule has 2 N–H and O–H groups in total. The number of hydrogen-bond donors (Lipinski definition) is 2. The lowest BCUT2D eigenvalue weighted by atomic mass is 9.81. The highest BCUT2D eigenvalue weighted by Crippen LogP contribution is 2.48. The number of benzene rings is 1. The highest BCUT2D eigenvalue weighted by atomic mass is 16.5. The Balaban J connectivity index is 1.70. The van der Waals surface area contributed by atoms with Crippen LogP contribution in [0.3, 0.4) is 0 Å². The van der Waals surface area contributed by atoms with Gasteiger partial charge < -0.3 is 20.1 Å². The molecule has 2 amide bonds. The van der Waals surface area contributed by atoms with Crippen LogP contribution in [0.25, 0.3) is 0 Å². The summed E-state index contributed by atoms with van der Waals surface area (Å²) in [6.45, 7) is 0.810. The first kappa shape index (κ1) is 14.7. The van der Waals surface area contributed by atoms with Crippen molar-refractivity contribution in [2.75, 3.05) is 25.5 Å². The summed E-state index contributed by atoms with van der Waals surface area (Å²) >= 11 is 0. The summed E-state index contributed by atoms with van der Waals surface area (Å²) in [6.07, 6.45) is 2.48. The van der Waals surface area contributed by atoms with Crippen molar-refractivity contribution in [1.82, 2.24) is 4.90 Å². The summed E-state index contributed by atoms with van der Waals surface area (Å²) in [5.74, 6) is -0.0363. The molecule has 22 heavy (non-hydrogen) atoms. The van der Waals surface area contributed by atoms with Crippen LogP contribution in [-0.4, -0.2) is 42.2 Å². The number of aliphatic carboxylic acids is 1. The van der Waals surface area contributed by atoms with Gasteiger partial charge in [0.2, 0.25) is 0 Å². The first-order chi connectivity index (χ1) is 10.5. The number of urea groups is 1. The first-order valence-electron chi connectivity index (χ1n) is 7.48. The minimum atomic E-state index is -0.772. The lowest BCUT2D eigenvalue weighted by Gasteiger charge is -2.23. The second-order valence-corrected chi connectivity index (χ2v) is 6.09. The number of fused-ring (bicyclic) bond motifs is 1. The van der Waals surface area contributed by atoms with E-state index in [4.69, 9.17) is 4.74 Å². The summed E-state index contributed by atoms with van der Waals surface area (Å²) < 4.78 is 5.13. The molecule has 6 nitrogen and oxygen atoms in total. The van der Waals surface area contributed by atoms with Crippen molar-refractivity contribution in [3.63, 3.8) is 0 Å². The van der Waals surface area contributed by atoms with E-state index in [0.717, 1.165) is 12.8 Å². The molecule has 1 saturated carbocycles. The molecule has 0 spiro atoms. The van der Waals surface area contributed by atoms with Gasteiger partial charge in [-0.05, 0) is 30.9 Å². The second-order valence-electron chi connectivity index (χ2n) is 6.09. The number of hydrogen-bond acceptors (Lipinski definition) is 3. The molecule has 2 atom stereocenters. The van der Waals surface area contributed by atoms with E-state index < -0.39 is 11.4 Å². The quantitative estimate of drug-likeness (QED) is 0.899. The number of anilines is 1. The fourth-order valence-corrected chi connectivity index (χ4v) is 3.70. The Kier molecular flexibility index (Phi) is 3.68. The van der Waals surface area contributed by atoms with E-state index in [1.807, 2.05) is 0 Å². The molecule has 3 rings (SSSR count). The van der Waals surface area contributed by atoms with Crippen LogP contribution in [0.15, 0.2) is 24.3 Å². The molecular formula is C16H20N2O4. The molecule has 1 aliphatic heterocycles. The summed E-state index contributed by atoms with van der Waals surface area (Å²) in [5.41, 5.74) is -0.100. The minimum absolute atomic E-state index is 0.0704. The molecule has 1 saturated heterocycles. The molecular weight excluding hydrogens is 284 g/mol. The van der Waals surface area contributed by atoms with Crippen molar-refractivity contribution in [3.8, 4) is 5.75 Å². The summed E-state index contributed by atoms with van der Waals surface area (Å²) in [4.78, 5) is 25.7. The highest BCUT2D eigenvalue weighted by molar-refractivity contribution is 5.90. The van der Waals surface area contributed by atoms with Crippen LogP contribution in [-0.2, 0) is 4.79 Å². The van der Waals surface area contributed by atoms with Crippen molar-refractivity contribution < 1.29 is 19.4 Å². The van der Waals surface area contributed by atoms with E-state index in [1.165, 1.54) is 0 Å². The van der Waals surface area contributed by atoms with Gasteiger partial charge in [0.15, 0.2) is 0 Å². The molecule has 0 aromatic heterocycles. The predicted octanol–water partition coefficient (Wildman–Crippen LogP) is 2.41. The minimum Gasteiger partial charge on any atom is -0.497 e. The van der Waals surface area contributed by atoms with Crippen LogP contribution in [0.2, 0.25) is 0 Å². The Morgan fingerprint density at radius 2 is 2.27 bits per heavy atom. The molecule has 1 heterocycles. The van der Waals surface area contributed by atoms with Gasteiger partial charge in [0.1, 0.15) is 5.75 Å². The largest absolute Gasteiger partial charge is 0.497 e. The molecule has 2 aliphatic rings. The third-order valence-corrected chi connectivity index (χ3v) is 4.90. The first-order valence-corrected chi connectivity index (χ1v) is 7.48. The number of nitrogens with zero attached hydrogens (tertiary/aromatic N) is 1. The van der Waals surface area contributed by atoms with Gasteiger partial charge in [-0.15, -0.1) is 0 Å². The maximum absolute atomic E-state index is 12.4. The maximum Gasteiger partial charge on any atom is 0.321 e. The van der Waals surface area contributed by atoms with E-state index in [0.29, 0.717) is 30.9 Å². The zero-order valence-electron chi connectivity index (χ0n) is 12.5. The number of likely N-dealkylation sites (tertiary alicyclic amines) is 1. The Morgan fingerprint density at radius 1 is 1.45 bits per heavy atom. The number of methoxy groups -OCH3 is 1. The summed E-state index contributed by atoms with van der Waals surface area (Å²) in [6, 6.07) is 6.87. The van der Waals surface area contributed by atoms with Gasteiger partial charge in [0, 0.05) is 24.8 Å². The van der Waals surface area contributed by atoms with Crippen molar-refractivity contribution in [3.05, 3.63) is 24.3 Å². The van der Waals surface area contributed by atoms with Crippen molar-refractivity contribution in [2.24, 2.45) is 11.3 Å². The Labute approximate surface area is 129 Å². The van der Waals surface area contributed by atoms with Gasteiger partial charge >= 0.3 is 12.0 Å². The number of carbonyl (C=O) groups is 2. The number of nitrogens with one attached hydrogen (secondary N) is 1.